The minimum Gasteiger partial charge on any atom is -0.495 e. The van der Waals surface area contributed by atoms with Crippen molar-refractivity contribution in [1.82, 2.24) is 4.31 Å². The van der Waals surface area contributed by atoms with Crippen molar-refractivity contribution >= 4 is 37.3 Å². The molecule has 0 aliphatic heterocycles. The molecule has 3 aromatic rings. The summed E-state index contributed by atoms with van der Waals surface area (Å²) in [5, 5.41) is 2.67. The molecule has 0 saturated heterocycles. The van der Waals surface area contributed by atoms with Crippen LogP contribution in [0.3, 0.4) is 0 Å². The second-order valence-corrected chi connectivity index (χ2v) is 12.9. The number of carbonyl (C=O) groups is 1. The van der Waals surface area contributed by atoms with E-state index in [9.17, 15) is 21.6 Å². The van der Waals surface area contributed by atoms with Gasteiger partial charge in [-0.2, -0.15) is 0 Å². The number of amides is 1. The van der Waals surface area contributed by atoms with Gasteiger partial charge in [-0.3, -0.25) is 9.10 Å². The lowest BCUT2D eigenvalue weighted by Crippen LogP contribution is -2.38. The lowest BCUT2D eigenvalue weighted by Gasteiger charge is -2.25. The van der Waals surface area contributed by atoms with Crippen molar-refractivity contribution in [2.75, 3.05) is 44.0 Å². The zero-order valence-corrected chi connectivity index (χ0v) is 24.4. The van der Waals surface area contributed by atoms with Gasteiger partial charge in [0, 0.05) is 19.8 Å². The van der Waals surface area contributed by atoms with Gasteiger partial charge in [0.15, 0.2) is 0 Å². The van der Waals surface area contributed by atoms with Crippen LogP contribution in [0.25, 0.3) is 0 Å². The van der Waals surface area contributed by atoms with Gasteiger partial charge in [-0.15, -0.1) is 0 Å². The predicted octanol–water partition coefficient (Wildman–Crippen LogP) is 3.80. The molecule has 3 rings (SSSR count). The molecule has 0 saturated carbocycles. The molecule has 0 fully saturated rings. The Morgan fingerprint density at radius 1 is 0.897 bits per heavy atom. The number of carbonyl (C=O) groups excluding carboxylic acids is 1. The Kier molecular flexibility index (Phi) is 9.26. The van der Waals surface area contributed by atoms with Crippen LogP contribution in [0.5, 0.6) is 11.5 Å². The minimum absolute atomic E-state index is 0.00566. The van der Waals surface area contributed by atoms with Gasteiger partial charge in [-0.05, 0) is 80.4 Å². The van der Waals surface area contributed by atoms with Crippen LogP contribution in [0.1, 0.15) is 18.1 Å². The average molecular weight is 576 g/mol. The number of nitrogens with one attached hydrogen (secondary N) is 1. The average Bonchev–Trinajstić information content (AvgIpc) is 2.89. The molecule has 0 spiro atoms. The molecule has 0 aliphatic rings. The summed E-state index contributed by atoms with van der Waals surface area (Å²) < 4.78 is 65.9. The van der Waals surface area contributed by atoms with Gasteiger partial charge < -0.3 is 14.8 Å². The van der Waals surface area contributed by atoms with E-state index < -0.39 is 32.5 Å². The highest BCUT2D eigenvalue weighted by Crippen LogP contribution is 2.32. The van der Waals surface area contributed by atoms with Gasteiger partial charge in [0.25, 0.3) is 10.0 Å². The Morgan fingerprint density at radius 3 is 2.15 bits per heavy atom. The van der Waals surface area contributed by atoms with Crippen LogP contribution >= 0.6 is 0 Å². The normalized spacial score (nSPS) is 11.8. The largest absolute Gasteiger partial charge is 0.495 e. The highest BCUT2D eigenvalue weighted by Gasteiger charge is 2.30. The highest BCUT2D eigenvalue weighted by molar-refractivity contribution is 7.93. The van der Waals surface area contributed by atoms with Crippen molar-refractivity contribution < 1.29 is 31.1 Å². The molecular formula is C27H33N3O7S2. The summed E-state index contributed by atoms with van der Waals surface area (Å²) in [6.07, 6.45) is 0. The fourth-order valence-corrected chi connectivity index (χ4v) is 6.31. The first-order chi connectivity index (χ1) is 18.3. The molecule has 3 aromatic carbocycles. The molecule has 1 amide bonds. The number of benzene rings is 3. The molecular weight excluding hydrogens is 542 g/mol. The van der Waals surface area contributed by atoms with Gasteiger partial charge in [-0.25, -0.2) is 21.1 Å². The third-order valence-electron chi connectivity index (χ3n) is 5.87. The molecule has 0 bridgehead atoms. The van der Waals surface area contributed by atoms with Crippen LogP contribution in [-0.2, 0) is 24.8 Å². The monoisotopic (exact) mass is 575 g/mol. The Balaban J connectivity index is 2.03. The van der Waals surface area contributed by atoms with Gasteiger partial charge in [0.2, 0.25) is 15.9 Å². The summed E-state index contributed by atoms with van der Waals surface area (Å²) in [5.74, 6) is 0.0155. The number of anilines is 2. The highest BCUT2D eigenvalue weighted by atomic mass is 32.2. The molecule has 0 unspecified atom stereocenters. The molecule has 0 heterocycles. The van der Waals surface area contributed by atoms with Crippen LogP contribution in [0.2, 0.25) is 0 Å². The van der Waals surface area contributed by atoms with E-state index in [0.717, 1.165) is 8.61 Å². The number of nitrogens with zero attached hydrogens (tertiary/aromatic N) is 2. The molecule has 0 aromatic heterocycles. The summed E-state index contributed by atoms with van der Waals surface area (Å²) in [6.45, 7) is 5.15. The van der Waals surface area contributed by atoms with E-state index >= 15 is 0 Å². The fourth-order valence-electron chi connectivity index (χ4n) is 3.72. The van der Waals surface area contributed by atoms with Crippen molar-refractivity contribution in [3.8, 4) is 11.5 Å². The first kappa shape index (κ1) is 29.9. The lowest BCUT2D eigenvalue weighted by molar-refractivity contribution is -0.114. The van der Waals surface area contributed by atoms with Gasteiger partial charge >= 0.3 is 0 Å². The molecule has 210 valence electrons. The third kappa shape index (κ3) is 6.70. The van der Waals surface area contributed by atoms with Crippen LogP contribution in [0, 0.1) is 13.8 Å². The molecule has 1 N–H and O–H groups in total. The van der Waals surface area contributed by atoms with E-state index in [1.165, 1.54) is 39.4 Å². The fraction of sp³-hybridized carbons (Fsp3) is 0.296. The lowest BCUT2D eigenvalue weighted by atomic mass is 10.2. The van der Waals surface area contributed by atoms with Gasteiger partial charge in [-0.1, -0.05) is 12.1 Å². The third-order valence-corrected chi connectivity index (χ3v) is 9.48. The van der Waals surface area contributed by atoms with Crippen LogP contribution in [-0.4, -0.2) is 61.4 Å². The van der Waals surface area contributed by atoms with E-state index in [0.29, 0.717) is 23.5 Å². The summed E-state index contributed by atoms with van der Waals surface area (Å²) in [7, 11) is -3.84. The SMILES string of the molecule is CCOc1ccc(N(CC(=O)Nc2cc(S(=O)(=O)N(C)C)ccc2C)S(=O)(=O)c2cc(C)ccc2OC)cc1. The van der Waals surface area contributed by atoms with E-state index in [-0.39, 0.29) is 26.9 Å². The summed E-state index contributed by atoms with van der Waals surface area (Å²) in [4.78, 5) is 13.2. The number of ether oxygens (including phenoxy) is 2. The minimum atomic E-state index is -4.28. The van der Waals surface area contributed by atoms with Crippen molar-refractivity contribution in [1.29, 1.82) is 0 Å². The van der Waals surface area contributed by atoms with E-state index in [1.807, 2.05) is 6.92 Å². The first-order valence-electron chi connectivity index (χ1n) is 12.0. The first-order valence-corrected chi connectivity index (χ1v) is 14.9. The quantitative estimate of drug-likeness (QED) is 0.369. The Morgan fingerprint density at radius 2 is 1.56 bits per heavy atom. The maximum absolute atomic E-state index is 13.9. The second-order valence-electron chi connectivity index (χ2n) is 8.91. The number of aryl methyl sites for hydroxylation is 2. The van der Waals surface area contributed by atoms with E-state index in [4.69, 9.17) is 9.47 Å². The molecule has 39 heavy (non-hydrogen) atoms. The molecule has 0 radical (unpaired) electrons. The van der Waals surface area contributed by atoms with Crippen molar-refractivity contribution in [3.05, 3.63) is 71.8 Å². The number of methoxy groups -OCH3 is 1. The van der Waals surface area contributed by atoms with Crippen LogP contribution in [0.15, 0.2) is 70.5 Å². The second kappa shape index (κ2) is 12.1. The van der Waals surface area contributed by atoms with Crippen molar-refractivity contribution in [3.63, 3.8) is 0 Å². The van der Waals surface area contributed by atoms with Crippen LogP contribution in [0.4, 0.5) is 11.4 Å². The maximum Gasteiger partial charge on any atom is 0.268 e. The number of sulfonamides is 2. The standard InChI is InChI=1S/C27H33N3O7S2/c1-7-37-22-12-10-21(11-13-22)30(39(34,35)26-16-19(2)8-15-25(26)36-6)18-27(31)28-24-17-23(14-9-20(24)3)38(32,33)29(4)5/h8-17H,7,18H2,1-6H3,(H,28,31). The number of rotatable bonds is 11. The Labute approximate surface area is 230 Å². The summed E-state index contributed by atoms with van der Waals surface area (Å²) in [6, 6.07) is 15.5. The van der Waals surface area contributed by atoms with Gasteiger partial charge in [0.1, 0.15) is 22.9 Å². The molecule has 12 heteroatoms. The Hall–Kier alpha value is -3.61. The van der Waals surface area contributed by atoms with Crippen LogP contribution < -0.4 is 19.1 Å². The molecule has 0 atom stereocenters. The predicted molar refractivity (Wildman–Crippen MR) is 151 cm³/mol. The van der Waals surface area contributed by atoms with Crippen molar-refractivity contribution in [2.45, 2.75) is 30.6 Å². The maximum atomic E-state index is 13.9. The van der Waals surface area contributed by atoms with E-state index in [1.54, 1.807) is 56.3 Å². The summed E-state index contributed by atoms with van der Waals surface area (Å²) >= 11 is 0. The van der Waals surface area contributed by atoms with E-state index in [2.05, 4.69) is 5.32 Å². The Bertz CT molecular complexity index is 1550. The smallest absolute Gasteiger partial charge is 0.268 e. The number of hydrogen-bond donors (Lipinski definition) is 1. The zero-order valence-electron chi connectivity index (χ0n) is 22.8. The topological polar surface area (TPSA) is 122 Å². The van der Waals surface area contributed by atoms with Gasteiger partial charge in [0.05, 0.1) is 24.3 Å². The number of hydrogen-bond acceptors (Lipinski definition) is 7. The molecule has 0 aliphatic carbocycles. The zero-order chi connectivity index (χ0) is 29.0. The summed E-state index contributed by atoms with van der Waals surface area (Å²) in [5.41, 5.74) is 1.79. The van der Waals surface area contributed by atoms with Crippen molar-refractivity contribution in [2.24, 2.45) is 0 Å². The molecule has 10 nitrogen and oxygen atoms in total.